The lowest BCUT2D eigenvalue weighted by molar-refractivity contribution is -0.130. The van der Waals surface area contributed by atoms with E-state index in [1.807, 2.05) is 44.2 Å². The first-order valence-electron chi connectivity index (χ1n) is 10.6. The number of rotatable bonds is 6. The Morgan fingerprint density at radius 3 is 2.36 bits per heavy atom. The third-order valence-corrected chi connectivity index (χ3v) is 5.82. The van der Waals surface area contributed by atoms with Gasteiger partial charge in [-0.05, 0) is 38.8 Å². The van der Waals surface area contributed by atoms with E-state index in [0.717, 1.165) is 0 Å². The van der Waals surface area contributed by atoms with E-state index in [1.54, 1.807) is 26.0 Å². The summed E-state index contributed by atoms with van der Waals surface area (Å²) in [7, 11) is 0. The number of esters is 1. The van der Waals surface area contributed by atoms with Crippen molar-refractivity contribution < 1.29 is 18.7 Å². The van der Waals surface area contributed by atoms with Gasteiger partial charge >= 0.3 is 5.97 Å². The van der Waals surface area contributed by atoms with Gasteiger partial charge < -0.3 is 14.5 Å². The Balaban J connectivity index is 1.96. The van der Waals surface area contributed by atoms with Gasteiger partial charge in [0.05, 0.1) is 11.5 Å². The number of nitrogens with one attached hydrogen (secondary N) is 1. The van der Waals surface area contributed by atoms with Crippen molar-refractivity contribution in [3.8, 4) is 17.4 Å². The average molecular weight is 447 g/mol. The highest BCUT2D eigenvalue weighted by atomic mass is 16.5. The number of benzene rings is 2. The molecule has 0 spiro atoms. The van der Waals surface area contributed by atoms with Crippen LogP contribution in [0.15, 0.2) is 57.7 Å². The molecule has 3 rings (SSSR count). The maximum absolute atomic E-state index is 13.0. The third kappa shape index (κ3) is 4.65. The highest BCUT2D eigenvalue weighted by molar-refractivity contribution is 6.03. The second-order valence-corrected chi connectivity index (χ2v) is 8.44. The molecule has 1 N–H and O–H groups in total. The van der Waals surface area contributed by atoms with Crippen molar-refractivity contribution in [1.29, 1.82) is 5.26 Å². The average Bonchev–Trinajstić information content (AvgIpc) is 2.81. The fraction of sp³-hybridized carbons (Fsp3) is 0.308. The molecular weight excluding hydrogens is 420 g/mol. The second-order valence-electron chi connectivity index (χ2n) is 8.44. The monoisotopic (exact) mass is 446 g/mol. The highest BCUT2D eigenvalue weighted by Crippen LogP contribution is 2.27. The molecule has 7 heteroatoms. The van der Waals surface area contributed by atoms with E-state index in [0.29, 0.717) is 16.9 Å². The standard InChI is InChI=1S/C26H26N2O5/c1-15(2)26(5,14-27)28-24(30)17(4)32-25(31)20-13-9-12-19-21(29)16(3)22(33-23(19)20)18-10-7-6-8-11-18/h6-13,15,17H,1-5H3,(H,28,30). The number of amides is 1. The topological polar surface area (TPSA) is 109 Å². The van der Waals surface area contributed by atoms with Crippen molar-refractivity contribution in [1.82, 2.24) is 5.32 Å². The summed E-state index contributed by atoms with van der Waals surface area (Å²) in [6.07, 6.45) is -1.16. The largest absolute Gasteiger partial charge is 0.455 e. The summed E-state index contributed by atoms with van der Waals surface area (Å²) in [4.78, 5) is 38.5. The molecule has 33 heavy (non-hydrogen) atoms. The molecule has 2 atom stereocenters. The number of hydrogen-bond acceptors (Lipinski definition) is 6. The molecule has 0 aliphatic rings. The summed E-state index contributed by atoms with van der Waals surface area (Å²) in [5.41, 5.74) is -0.100. The van der Waals surface area contributed by atoms with Gasteiger partial charge in [0.25, 0.3) is 5.91 Å². The summed E-state index contributed by atoms with van der Waals surface area (Å²) >= 11 is 0. The van der Waals surface area contributed by atoms with Crippen molar-refractivity contribution in [2.45, 2.75) is 46.3 Å². The number of hydrogen-bond donors (Lipinski definition) is 1. The van der Waals surface area contributed by atoms with Crippen LogP contribution in [0.5, 0.6) is 0 Å². The van der Waals surface area contributed by atoms with Gasteiger partial charge in [-0.1, -0.05) is 50.2 Å². The van der Waals surface area contributed by atoms with E-state index < -0.39 is 23.5 Å². The number of carbonyl (C=O) groups excluding carboxylic acids is 2. The van der Waals surface area contributed by atoms with Gasteiger partial charge in [-0.15, -0.1) is 0 Å². The Labute approximate surface area is 192 Å². The molecular formula is C26H26N2O5. The summed E-state index contributed by atoms with van der Waals surface area (Å²) in [6.45, 7) is 8.32. The molecule has 0 saturated heterocycles. The van der Waals surface area contributed by atoms with Crippen LogP contribution in [0.4, 0.5) is 0 Å². The zero-order valence-corrected chi connectivity index (χ0v) is 19.3. The van der Waals surface area contributed by atoms with Gasteiger partial charge in [-0.3, -0.25) is 9.59 Å². The first kappa shape index (κ1) is 23.7. The third-order valence-electron chi connectivity index (χ3n) is 5.82. The molecule has 1 amide bonds. The van der Waals surface area contributed by atoms with Crippen LogP contribution in [0, 0.1) is 24.2 Å². The van der Waals surface area contributed by atoms with Crippen molar-refractivity contribution in [2.75, 3.05) is 0 Å². The number of para-hydroxylation sites is 1. The van der Waals surface area contributed by atoms with Gasteiger partial charge in [-0.25, -0.2) is 4.79 Å². The van der Waals surface area contributed by atoms with E-state index in [-0.39, 0.29) is 27.9 Å². The van der Waals surface area contributed by atoms with E-state index in [4.69, 9.17) is 9.15 Å². The van der Waals surface area contributed by atoms with E-state index in [2.05, 4.69) is 11.4 Å². The van der Waals surface area contributed by atoms with Crippen molar-refractivity contribution in [3.05, 3.63) is 69.9 Å². The molecule has 7 nitrogen and oxygen atoms in total. The van der Waals surface area contributed by atoms with Crippen LogP contribution in [0.3, 0.4) is 0 Å². The van der Waals surface area contributed by atoms with E-state index in [1.165, 1.54) is 13.0 Å². The van der Waals surface area contributed by atoms with E-state index in [9.17, 15) is 19.6 Å². The van der Waals surface area contributed by atoms with Crippen LogP contribution >= 0.6 is 0 Å². The molecule has 2 aromatic carbocycles. The number of nitrogens with zero attached hydrogens (tertiary/aromatic N) is 1. The Morgan fingerprint density at radius 2 is 1.76 bits per heavy atom. The van der Waals surface area contributed by atoms with Crippen LogP contribution < -0.4 is 10.7 Å². The summed E-state index contributed by atoms with van der Waals surface area (Å²) in [6, 6.07) is 15.8. The van der Waals surface area contributed by atoms with Crippen molar-refractivity contribution >= 4 is 22.8 Å². The molecule has 170 valence electrons. The smallest absolute Gasteiger partial charge is 0.342 e. The minimum Gasteiger partial charge on any atom is -0.455 e. The van der Waals surface area contributed by atoms with E-state index >= 15 is 0 Å². The zero-order valence-electron chi connectivity index (χ0n) is 19.3. The Kier molecular flexibility index (Phi) is 6.68. The maximum Gasteiger partial charge on any atom is 0.342 e. The number of ether oxygens (including phenoxy) is 1. The molecule has 2 unspecified atom stereocenters. The first-order chi connectivity index (χ1) is 15.6. The SMILES string of the molecule is Cc1c(-c2ccccc2)oc2c(C(=O)OC(C)C(=O)NC(C)(C#N)C(C)C)cccc2c1=O. The summed E-state index contributed by atoms with van der Waals surface area (Å²) < 4.78 is 11.4. The normalized spacial score (nSPS) is 13.7. The van der Waals surface area contributed by atoms with Gasteiger partial charge in [0, 0.05) is 11.1 Å². The number of carbonyl (C=O) groups is 2. The van der Waals surface area contributed by atoms with Crippen LogP contribution in [0.2, 0.25) is 0 Å². The predicted molar refractivity (Wildman–Crippen MR) is 125 cm³/mol. The molecule has 0 saturated carbocycles. The maximum atomic E-state index is 13.0. The van der Waals surface area contributed by atoms with Gasteiger partial charge in [0.1, 0.15) is 16.9 Å². The van der Waals surface area contributed by atoms with Crippen LogP contribution in [-0.4, -0.2) is 23.5 Å². The Morgan fingerprint density at radius 1 is 1.09 bits per heavy atom. The molecule has 1 aromatic heterocycles. The molecule has 0 aliphatic heterocycles. The first-order valence-corrected chi connectivity index (χ1v) is 10.6. The molecule has 0 bridgehead atoms. The lowest BCUT2D eigenvalue weighted by atomic mass is 9.90. The fourth-order valence-corrected chi connectivity index (χ4v) is 3.27. The minimum absolute atomic E-state index is 0.0355. The van der Waals surface area contributed by atoms with Gasteiger partial charge in [-0.2, -0.15) is 5.26 Å². The zero-order chi connectivity index (χ0) is 24.3. The van der Waals surface area contributed by atoms with Crippen LogP contribution in [0.1, 0.15) is 43.6 Å². The minimum atomic E-state index is -1.16. The van der Waals surface area contributed by atoms with Crippen LogP contribution in [-0.2, 0) is 9.53 Å². The Hall–Kier alpha value is -3.92. The Bertz CT molecular complexity index is 1300. The molecule has 0 aliphatic carbocycles. The number of fused-ring (bicyclic) bond motifs is 1. The lowest BCUT2D eigenvalue weighted by Crippen LogP contribution is -2.52. The summed E-state index contributed by atoms with van der Waals surface area (Å²) in [5, 5.41) is 12.3. The van der Waals surface area contributed by atoms with Crippen molar-refractivity contribution in [3.63, 3.8) is 0 Å². The molecule has 3 aromatic rings. The molecule has 0 radical (unpaired) electrons. The molecule has 1 heterocycles. The van der Waals surface area contributed by atoms with Gasteiger partial charge in [0.15, 0.2) is 17.1 Å². The molecule has 0 fully saturated rings. The van der Waals surface area contributed by atoms with Gasteiger partial charge in [0.2, 0.25) is 0 Å². The predicted octanol–water partition coefficient (Wildman–Crippen LogP) is 4.37. The quantitative estimate of drug-likeness (QED) is 0.563. The fourth-order valence-electron chi connectivity index (χ4n) is 3.27. The highest BCUT2D eigenvalue weighted by Gasteiger charge is 2.33. The van der Waals surface area contributed by atoms with Crippen LogP contribution in [0.25, 0.3) is 22.3 Å². The summed E-state index contributed by atoms with van der Waals surface area (Å²) in [5.74, 6) is -1.19. The van der Waals surface area contributed by atoms with Crippen molar-refractivity contribution in [2.24, 2.45) is 5.92 Å². The number of nitriles is 1. The lowest BCUT2D eigenvalue weighted by Gasteiger charge is -2.28. The second kappa shape index (κ2) is 9.29.